The van der Waals surface area contributed by atoms with E-state index < -0.39 is 10.9 Å². The number of carboxylic acid groups (broad SMARTS) is 1. The summed E-state index contributed by atoms with van der Waals surface area (Å²) in [6.07, 6.45) is 5.13. The number of carboxylic acids is 1. The standard InChI is InChI=1S/C13H17N3O5/c17-12(14-5-3-1-2-4-6-14)9-15-8-10(16(20)21)7-11(15)13(18)19/h7-8H,1-6,9H2,(H,18,19). The van der Waals surface area contributed by atoms with Crippen LogP contribution in [0, 0.1) is 10.1 Å². The number of rotatable bonds is 4. The molecule has 0 unspecified atom stereocenters. The number of nitrogens with zero attached hydrogens (tertiary/aromatic N) is 3. The Kier molecular flexibility index (Phi) is 4.56. The van der Waals surface area contributed by atoms with E-state index in [4.69, 9.17) is 5.11 Å². The summed E-state index contributed by atoms with van der Waals surface area (Å²) >= 11 is 0. The van der Waals surface area contributed by atoms with Gasteiger partial charge in [0, 0.05) is 19.2 Å². The third-order valence-electron chi connectivity index (χ3n) is 3.58. The number of aromatic nitrogens is 1. The Morgan fingerprint density at radius 3 is 2.38 bits per heavy atom. The monoisotopic (exact) mass is 295 g/mol. The van der Waals surface area contributed by atoms with Crippen molar-refractivity contribution in [2.45, 2.75) is 32.2 Å². The minimum absolute atomic E-state index is 0.185. The highest BCUT2D eigenvalue weighted by atomic mass is 16.6. The molecule has 0 aromatic carbocycles. The second-order valence-electron chi connectivity index (χ2n) is 5.07. The Hall–Kier alpha value is -2.38. The maximum atomic E-state index is 12.2. The van der Waals surface area contributed by atoms with Gasteiger partial charge < -0.3 is 14.6 Å². The summed E-state index contributed by atoms with van der Waals surface area (Å²) in [5.74, 6) is -1.49. The number of hydrogen-bond donors (Lipinski definition) is 1. The van der Waals surface area contributed by atoms with Gasteiger partial charge in [0.1, 0.15) is 12.2 Å². The second kappa shape index (κ2) is 6.38. The topological polar surface area (TPSA) is 106 Å². The molecule has 0 spiro atoms. The Morgan fingerprint density at radius 2 is 1.86 bits per heavy atom. The van der Waals surface area contributed by atoms with Crippen molar-refractivity contribution in [2.75, 3.05) is 13.1 Å². The van der Waals surface area contributed by atoms with E-state index in [1.54, 1.807) is 4.90 Å². The molecular weight excluding hydrogens is 278 g/mol. The minimum atomic E-state index is -1.29. The molecule has 1 N–H and O–H groups in total. The fourth-order valence-corrected chi connectivity index (χ4v) is 2.47. The van der Waals surface area contributed by atoms with Crippen molar-refractivity contribution in [1.29, 1.82) is 0 Å². The first-order valence-electron chi connectivity index (χ1n) is 6.84. The SMILES string of the molecule is O=C(O)c1cc([N+](=O)[O-])cn1CC(=O)N1CCCCCC1. The van der Waals surface area contributed by atoms with Gasteiger partial charge in [0.05, 0.1) is 11.1 Å². The third-order valence-corrected chi connectivity index (χ3v) is 3.58. The molecule has 0 bridgehead atoms. The van der Waals surface area contributed by atoms with Gasteiger partial charge >= 0.3 is 5.97 Å². The summed E-state index contributed by atoms with van der Waals surface area (Å²) < 4.78 is 1.13. The van der Waals surface area contributed by atoms with Gasteiger partial charge in [-0.3, -0.25) is 14.9 Å². The van der Waals surface area contributed by atoms with E-state index in [1.807, 2.05) is 0 Å². The quantitative estimate of drug-likeness (QED) is 0.669. The van der Waals surface area contributed by atoms with Gasteiger partial charge in [-0.15, -0.1) is 0 Å². The molecule has 2 rings (SSSR count). The molecule has 1 aliphatic heterocycles. The molecule has 8 nitrogen and oxygen atoms in total. The summed E-state index contributed by atoms with van der Waals surface area (Å²) in [7, 11) is 0. The summed E-state index contributed by atoms with van der Waals surface area (Å²) in [6, 6.07) is 0.970. The van der Waals surface area contributed by atoms with Crippen LogP contribution in [0.1, 0.15) is 36.2 Å². The normalized spacial score (nSPS) is 15.5. The lowest BCUT2D eigenvalue weighted by molar-refractivity contribution is -0.384. The van der Waals surface area contributed by atoms with E-state index in [0.717, 1.165) is 42.5 Å². The molecule has 0 radical (unpaired) electrons. The highest BCUT2D eigenvalue weighted by Crippen LogP contribution is 2.17. The van der Waals surface area contributed by atoms with E-state index in [2.05, 4.69) is 0 Å². The van der Waals surface area contributed by atoms with Gasteiger partial charge in [-0.05, 0) is 12.8 Å². The largest absolute Gasteiger partial charge is 0.477 e. The fourth-order valence-electron chi connectivity index (χ4n) is 2.47. The van der Waals surface area contributed by atoms with Crippen LogP contribution in [-0.4, -0.2) is 44.5 Å². The molecule has 1 amide bonds. The number of nitro groups is 1. The van der Waals surface area contributed by atoms with E-state index in [-0.39, 0.29) is 23.8 Å². The molecule has 0 saturated carbocycles. The van der Waals surface area contributed by atoms with Crippen LogP contribution in [0.4, 0.5) is 5.69 Å². The van der Waals surface area contributed by atoms with Crippen LogP contribution in [0.2, 0.25) is 0 Å². The van der Waals surface area contributed by atoms with Crippen LogP contribution in [-0.2, 0) is 11.3 Å². The molecule has 114 valence electrons. The van der Waals surface area contributed by atoms with Crippen molar-refractivity contribution < 1.29 is 19.6 Å². The summed E-state index contributed by atoms with van der Waals surface area (Å²) in [4.78, 5) is 35.1. The molecule has 1 aromatic rings. The number of likely N-dealkylation sites (tertiary alicyclic amines) is 1. The molecule has 21 heavy (non-hydrogen) atoms. The predicted molar refractivity (Wildman–Crippen MR) is 73.1 cm³/mol. The van der Waals surface area contributed by atoms with Gasteiger partial charge in [-0.1, -0.05) is 12.8 Å². The highest BCUT2D eigenvalue weighted by molar-refractivity contribution is 5.88. The molecule has 0 aliphatic carbocycles. The van der Waals surface area contributed by atoms with E-state index >= 15 is 0 Å². The zero-order valence-electron chi connectivity index (χ0n) is 11.5. The molecule has 1 saturated heterocycles. The van der Waals surface area contributed by atoms with Gasteiger partial charge in [-0.25, -0.2) is 4.79 Å². The van der Waals surface area contributed by atoms with Gasteiger partial charge in [0.2, 0.25) is 5.91 Å². The summed E-state index contributed by atoms with van der Waals surface area (Å²) in [6.45, 7) is 1.13. The maximum absolute atomic E-state index is 12.2. The molecule has 2 heterocycles. The van der Waals surface area contributed by atoms with Gasteiger partial charge in [-0.2, -0.15) is 0 Å². The van der Waals surface area contributed by atoms with E-state index in [0.29, 0.717) is 13.1 Å². The van der Waals surface area contributed by atoms with Crippen molar-refractivity contribution in [2.24, 2.45) is 0 Å². The van der Waals surface area contributed by atoms with Crippen molar-refractivity contribution >= 4 is 17.6 Å². The lowest BCUT2D eigenvalue weighted by Gasteiger charge is -2.20. The van der Waals surface area contributed by atoms with Gasteiger partial charge in [0.25, 0.3) is 5.69 Å². The van der Waals surface area contributed by atoms with Crippen molar-refractivity contribution in [3.63, 3.8) is 0 Å². The Balaban J connectivity index is 2.15. The lowest BCUT2D eigenvalue weighted by Crippen LogP contribution is -2.35. The fraction of sp³-hybridized carbons (Fsp3) is 0.538. The second-order valence-corrected chi connectivity index (χ2v) is 5.07. The molecule has 1 aliphatic rings. The van der Waals surface area contributed by atoms with Crippen molar-refractivity contribution in [3.8, 4) is 0 Å². The smallest absolute Gasteiger partial charge is 0.352 e. The molecule has 1 fully saturated rings. The third kappa shape index (κ3) is 3.59. The first kappa shape index (κ1) is 15.0. The predicted octanol–water partition coefficient (Wildman–Crippen LogP) is 1.50. The number of hydrogen-bond acceptors (Lipinski definition) is 4. The van der Waals surface area contributed by atoms with E-state index in [9.17, 15) is 19.7 Å². The lowest BCUT2D eigenvalue weighted by atomic mass is 10.2. The average Bonchev–Trinajstić information content (AvgIpc) is 2.67. The molecule has 1 aromatic heterocycles. The Morgan fingerprint density at radius 1 is 1.24 bits per heavy atom. The Bertz CT molecular complexity index is 558. The maximum Gasteiger partial charge on any atom is 0.352 e. The summed E-state index contributed by atoms with van der Waals surface area (Å²) in [5, 5.41) is 19.8. The number of carbonyl (C=O) groups is 2. The number of carbonyl (C=O) groups excluding carboxylic acids is 1. The van der Waals surface area contributed by atoms with E-state index in [1.165, 1.54) is 0 Å². The number of aromatic carboxylic acids is 1. The van der Waals surface area contributed by atoms with Crippen LogP contribution >= 0.6 is 0 Å². The van der Waals surface area contributed by atoms with Crippen LogP contribution in [0.15, 0.2) is 12.3 Å². The van der Waals surface area contributed by atoms with Crippen LogP contribution in [0.3, 0.4) is 0 Å². The van der Waals surface area contributed by atoms with Crippen molar-refractivity contribution in [3.05, 3.63) is 28.1 Å². The molecule has 8 heteroatoms. The Labute approximate surface area is 121 Å². The van der Waals surface area contributed by atoms with Crippen LogP contribution in [0.25, 0.3) is 0 Å². The van der Waals surface area contributed by atoms with Crippen LogP contribution < -0.4 is 0 Å². The van der Waals surface area contributed by atoms with Crippen molar-refractivity contribution in [1.82, 2.24) is 9.47 Å². The van der Waals surface area contributed by atoms with Crippen LogP contribution in [0.5, 0.6) is 0 Å². The number of amides is 1. The molecule has 0 atom stereocenters. The average molecular weight is 295 g/mol. The minimum Gasteiger partial charge on any atom is -0.477 e. The summed E-state index contributed by atoms with van der Waals surface area (Å²) in [5.41, 5.74) is -0.569. The first-order chi connectivity index (χ1) is 9.99. The zero-order chi connectivity index (χ0) is 15.4. The zero-order valence-corrected chi connectivity index (χ0v) is 11.5. The van der Waals surface area contributed by atoms with Gasteiger partial charge in [0.15, 0.2) is 0 Å². The molecular formula is C13H17N3O5. The first-order valence-corrected chi connectivity index (χ1v) is 6.84. The highest BCUT2D eigenvalue weighted by Gasteiger charge is 2.22.